The van der Waals surface area contributed by atoms with Crippen LogP contribution >= 0.6 is 0 Å². The standard InChI is InChI=1S/C9H17FO.C7H14O/c1-7(2)11-6-8-4-9(3,10)5-8;1-6(2)8-7-4-3-5-7/h7-8H,4-6H2,1-3H3;6-7H,3-5H2,1-2H3. The summed E-state index contributed by atoms with van der Waals surface area (Å²) in [6.07, 6.45) is 6.63. The summed E-state index contributed by atoms with van der Waals surface area (Å²) in [6.45, 7) is 10.6. The van der Waals surface area contributed by atoms with Gasteiger partial charge in [-0.05, 0) is 72.6 Å². The van der Waals surface area contributed by atoms with E-state index in [0.717, 1.165) is 6.61 Å². The van der Waals surface area contributed by atoms with Gasteiger partial charge in [-0.15, -0.1) is 0 Å². The zero-order chi connectivity index (χ0) is 14.5. The van der Waals surface area contributed by atoms with Gasteiger partial charge in [0, 0.05) is 6.61 Å². The van der Waals surface area contributed by atoms with Crippen LogP contribution in [0.4, 0.5) is 4.39 Å². The van der Waals surface area contributed by atoms with Gasteiger partial charge in [-0.3, -0.25) is 0 Å². The van der Waals surface area contributed by atoms with Crippen molar-refractivity contribution in [2.75, 3.05) is 6.61 Å². The van der Waals surface area contributed by atoms with E-state index in [-0.39, 0.29) is 6.10 Å². The van der Waals surface area contributed by atoms with Crippen molar-refractivity contribution in [1.29, 1.82) is 0 Å². The minimum atomic E-state index is -0.898. The monoisotopic (exact) mass is 274 g/mol. The number of rotatable bonds is 5. The largest absolute Gasteiger partial charge is 0.379 e. The Bertz CT molecular complexity index is 239. The van der Waals surface area contributed by atoms with Crippen LogP contribution in [0.3, 0.4) is 0 Å². The molecule has 114 valence electrons. The summed E-state index contributed by atoms with van der Waals surface area (Å²) < 4.78 is 23.8. The molecule has 0 aromatic rings. The zero-order valence-corrected chi connectivity index (χ0v) is 13.2. The summed E-state index contributed by atoms with van der Waals surface area (Å²) in [6, 6.07) is 0. The summed E-state index contributed by atoms with van der Waals surface area (Å²) in [5.41, 5.74) is -0.898. The minimum absolute atomic E-state index is 0.279. The third-order valence-corrected chi connectivity index (χ3v) is 3.61. The molecule has 0 spiro atoms. The van der Waals surface area contributed by atoms with Crippen molar-refractivity contribution in [1.82, 2.24) is 0 Å². The molecule has 0 N–H and O–H groups in total. The van der Waals surface area contributed by atoms with Gasteiger partial charge in [-0.1, -0.05) is 0 Å². The van der Waals surface area contributed by atoms with Gasteiger partial charge in [0.2, 0.25) is 0 Å². The number of halogens is 1. The van der Waals surface area contributed by atoms with Gasteiger partial charge < -0.3 is 9.47 Å². The third kappa shape index (κ3) is 7.26. The van der Waals surface area contributed by atoms with Crippen LogP contribution in [0.25, 0.3) is 0 Å². The molecule has 0 bridgehead atoms. The highest BCUT2D eigenvalue weighted by atomic mass is 19.1. The van der Waals surface area contributed by atoms with Gasteiger partial charge in [-0.25, -0.2) is 4.39 Å². The second-order valence-electron chi connectivity index (χ2n) is 6.81. The van der Waals surface area contributed by atoms with E-state index in [1.165, 1.54) is 19.3 Å². The molecular weight excluding hydrogens is 243 g/mol. The molecule has 0 atom stereocenters. The van der Waals surface area contributed by atoms with Gasteiger partial charge in [-0.2, -0.15) is 0 Å². The number of hydrogen-bond donors (Lipinski definition) is 0. The van der Waals surface area contributed by atoms with Crippen LogP contribution in [0, 0.1) is 5.92 Å². The molecule has 19 heavy (non-hydrogen) atoms. The molecule has 2 fully saturated rings. The Morgan fingerprint density at radius 1 is 1.11 bits per heavy atom. The second kappa shape index (κ2) is 7.58. The van der Waals surface area contributed by atoms with Crippen molar-refractivity contribution in [2.24, 2.45) is 5.92 Å². The van der Waals surface area contributed by atoms with Crippen LogP contribution in [-0.2, 0) is 9.47 Å². The summed E-state index contributed by atoms with van der Waals surface area (Å²) in [7, 11) is 0. The number of ether oxygens (including phenoxy) is 2. The van der Waals surface area contributed by atoms with Crippen LogP contribution in [0.1, 0.15) is 66.7 Å². The van der Waals surface area contributed by atoms with E-state index < -0.39 is 5.67 Å². The molecule has 0 aromatic carbocycles. The minimum Gasteiger partial charge on any atom is -0.379 e. The maximum absolute atomic E-state index is 12.9. The Hall–Kier alpha value is -0.150. The lowest BCUT2D eigenvalue weighted by Crippen LogP contribution is -2.39. The molecule has 0 amide bonds. The van der Waals surface area contributed by atoms with E-state index in [0.29, 0.717) is 31.0 Å². The number of alkyl halides is 1. The van der Waals surface area contributed by atoms with Crippen molar-refractivity contribution < 1.29 is 13.9 Å². The topological polar surface area (TPSA) is 18.5 Å². The summed E-state index contributed by atoms with van der Waals surface area (Å²) >= 11 is 0. The Balaban J connectivity index is 0.000000200. The average Bonchev–Trinajstić information content (AvgIpc) is 2.18. The highest BCUT2D eigenvalue weighted by molar-refractivity contribution is 4.90. The Kier molecular flexibility index (Phi) is 6.75. The zero-order valence-electron chi connectivity index (χ0n) is 13.2. The van der Waals surface area contributed by atoms with E-state index in [9.17, 15) is 4.39 Å². The van der Waals surface area contributed by atoms with Crippen molar-refractivity contribution in [3.05, 3.63) is 0 Å². The molecule has 0 aliphatic heterocycles. The van der Waals surface area contributed by atoms with Crippen molar-refractivity contribution >= 4 is 0 Å². The molecule has 2 nitrogen and oxygen atoms in total. The molecule has 2 rings (SSSR count). The molecule has 2 aliphatic carbocycles. The maximum Gasteiger partial charge on any atom is 0.109 e. The molecule has 0 radical (unpaired) electrons. The second-order valence-corrected chi connectivity index (χ2v) is 6.81. The molecule has 0 saturated heterocycles. The van der Waals surface area contributed by atoms with Crippen LogP contribution in [0.5, 0.6) is 0 Å². The van der Waals surface area contributed by atoms with E-state index in [2.05, 4.69) is 13.8 Å². The van der Waals surface area contributed by atoms with Gasteiger partial charge >= 0.3 is 0 Å². The molecule has 3 heteroatoms. The fourth-order valence-electron chi connectivity index (χ4n) is 2.48. The Morgan fingerprint density at radius 3 is 1.95 bits per heavy atom. The first-order valence-electron chi connectivity index (χ1n) is 7.74. The molecule has 0 heterocycles. The summed E-state index contributed by atoms with van der Waals surface area (Å²) in [5, 5.41) is 0. The smallest absolute Gasteiger partial charge is 0.109 e. The van der Waals surface area contributed by atoms with Gasteiger partial charge in [0.05, 0.1) is 18.3 Å². The van der Waals surface area contributed by atoms with E-state index in [4.69, 9.17) is 9.47 Å². The van der Waals surface area contributed by atoms with Gasteiger partial charge in [0.15, 0.2) is 0 Å². The van der Waals surface area contributed by atoms with Crippen molar-refractivity contribution in [3.8, 4) is 0 Å². The molecule has 2 aliphatic rings. The fraction of sp³-hybridized carbons (Fsp3) is 1.00. The lowest BCUT2D eigenvalue weighted by Gasteiger charge is -2.38. The van der Waals surface area contributed by atoms with Gasteiger partial charge in [0.1, 0.15) is 5.67 Å². The van der Waals surface area contributed by atoms with Crippen molar-refractivity contribution in [3.63, 3.8) is 0 Å². The molecule has 2 saturated carbocycles. The quantitative estimate of drug-likeness (QED) is 0.734. The first-order chi connectivity index (χ1) is 8.78. The highest BCUT2D eigenvalue weighted by Crippen LogP contribution is 2.40. The van der Waals surface area contributed by atoms with Crippen LogP contribution in [0.2, 0.25) is 0 Å². The number of hydrogen-bond acceptors (Lipinski definition) is 2. The van der Waals surface area contributed by atoms with E-state index in [1.54, 1.807) is 6.92 Å². The van der Waals surface area contributed by atoms with Crippen LogP contribution in [-0.4, -0.2) is 30.6 Å². The Morgan fingerprint density at radius 2 is 1.68 bits per heavy atom. The van der Waals surface area contributed by atoms with Crippen LogP contribution in [0.15, 0.2) is 0 Å². The Labute approximate surface area is 118 Å². The fourth-order valence-corrected chi connectivity index (χ4v) is 2.48. The molecule has 0 aromatic heterocycles. The first-order valence-corrected chi connectivity index (χ1v) is 7.74. The lowest BCUT2D eigenvalue weighted by molar-refractivity contribution is -0.0411. The average molecular weight is 274 g/mol. The van der Waals surface area contributed by atoms with E-state index in [1.807, 2.05) is 13.8 Å². The van der Waals surface area contributed by atoms with Crippen LogP contribution < -0.4 is 0 Å². The summed E-state index contributed by atoms with van der Waals surface area (Å²) in [5.74, 6) is 0.465. The molecule has 0 unspecified atom stereocenters. The highest BCUT2D eigenvalue weighted by Gasteiger charge is 2.40. The van der Waals surface area contributed by atoms with Gasteiger partial charge in [0.25, 0.3) is 0 Å². The van der Waals surface area contributed by atoms with E-state index >= 15 is 0 Å². The van der Waals surface area contributed by atoms with Crippen molar-refractivity contribution in [2.45, 2.75) is 90.7 Å². The summed E-state index contributed by atoms with van der Waals surface area (Å²) in [4.78, 5) is 0. The predicted octanol–water partition coefficient (Wildman–Crippen LogP) is 4.51. The predicted molar refractivity (Wildman–Crippen MR) is 77.2 cm³/mol. The molecular formula is C16H31FO2. The first kappa shape index (κ1) is 16.9. The normalized spacial score (nSPS) is 30.6. The third-order valence-electron chi connectivity index (χ3n) is 3.61. The lowest BCUT2D eigenvalue weighted by atomic mass is 9.74. The maximum atomic E-state index is 12.9. The SMILES string of the molecule is CC(C)OC1CCC1.CC(C)OCC1CC(C)(F)C1.